The molecule has 152 valence electrons. The Hall–Kier alpha value is -2.70. The first-order valence-electron chi connectivity index (χ1n) is 9.08. The van der Waals surface area contributed by atoms with Crippen molar-refractivity contribution in [1.29, 1.82) is 0 Å². The summed E-state index contributed by atoms with van der Waals surface area (Å²) in [6.07, 6.45) is -4.61. The Labute approximate surface area is 162 Å². The van der Waals surface area contributed by atoms with Gasteiger partial charge >= 0.3 is 12.3 Å². The van der Waals surface area contributed by atoms with E-state index in [1.807, 2.05) is 37.3 Å². The van der Waals surface area contributed by atoms with Crippen LogP contribution in [0.2, 0.25) is 0 Å². The molecule has 2 unspecified atom stereocenters. The molecular weight excluding hydrogens is 371 g/mol. The monoisotopic (exact) mass is 395 g/mol. The van der Waals surface area contributed by atoms with Crippen molar-refractivity contribution in [2.24, 2.45) is 5.92 Å². The molecule has 0 radical (unpaired) electrons. The van der Waals surface area contributed by atoms with Gasteiger partial charge in [-0.2, -0.15) is 13.2 Å². The molecule has 2 atom stereocenters. The van der Waals surface area contributed by atoms with Crippen LogP contribution < -0.4 is 10.1 Å². The molecule has 0 aliphatic rings. The van der Waals surface area contributed by atoms with Gasteiger partial charge in [-0.15, -0.1) is 0 Å². The number of amides is 1. The normalized spacial score (nSPS) is 13.5. The fourth-order valence-corrected chi connectivity index (χ4v) is 2.75. The molecule has 4 nitrogen and oxygen atoms in total. The Morgan fingerprint density at radius 1 is 1.07 bits per heavy atom. The summed E-state index contributed by atoms with van der Waals surface area (Å²) in [5.74, 6) is 0.240. The first-order chi connectivity index (χ1) is 13.3. The van der Waals surface area contributed by atoms with Crippen LogP contribution in [0, 0.1) is 5.92 Å². The third kappa shape index (κ3) is 6.79. The lowest BCUT2D eigenvalue weighted by Gasteiger charge is -2.25. The predicted molar refractivity (Wildman–Crippen MR) is 100 cm³/mol. The molecule has 0 heterocycles. The number of benzene rings is 2. The van der Waals surface area contributed by atoms with Gasteiger partial charge in [0.05, 0.1) is 12.2 Å². The molecule has 0 saturated carbocycles. The molecule has 1 N–H and O–H groups in total. The fraction of sp³-hybridized carbons (Fsp3) is 0.381. The second-order valence-corrected chi connectivity index (χ2v) is 6.40. The highest BCUT2D eigenvalue weighted by molar-refractivity contribution is 5.67. The van der Waals surface area contributed by atoms with Gasteiger partial charge in [0, 0.05) is 12.5 Å². The number of hydrogen-bond acceptors (Lipinski definition) is 3. The van der Waals surface area contributed by atoms with Gasteiger partial charge in [0.1, 0.15) is 11.9 Å². The smallest absolute Gasteiger partial charge is 0.416 e. The van der Waals surface area contributed by atoms with E-state index in [9.17, 15) is 18.0 Å². The van der Waals surface area contributed by atoms with E-state index in [2.05, 4.69) is 5.32 Å². The Balaban J connectivity index is 2.06. The third-order valence-electron chi connectivity index (χ3n) is 4.29. The summed E-state index contributed by atoms with van der Waals surface area (Å²) in [5.41, 5.74) is 0.346. The summed E-state index contributed by atoms with van der Waals surface area (Å²) < 4.78 is 48.8. The fourth-order valence-electron chi connectivity index (χ4n) is 2.75. The number of halogens is 3. The minimum Gasteiger partial charge on any atom is -0.490 e. The van der Waals surface area contributed by atoms with Crippen LogP contribution in [0.25, 0.3) is 0 Å². The Bertz CT molecular complexity index is 733. The quantitative estimate of drug-likeness (QED) is 0.678. The first-order valence-corrected chi connectivity index (χ1v) is 9.08. The Kier molecular flexibility index (Phi) is 7.72. The van der Waals surface area contributed by atoms with Gasteiger partial charge in [0.25, 0.3) is 0 Å². The van der Waals surface area contributed by atoms with Gasteiger partial charge in [-0.25, -0.2) is 4.79 Å². The van der Waals surface area contributed by atoms with Gasteiger partial charge < -0.3 is 14.8 Å². The van der Waals surface area contributed by atoms with Crippen molar-refractivity contribution >= 4 is 6.09 Å². The van der Waals surface area contributed by atoms with Gasteiger partial charge in [-0.05, 0) is 50.1 Å². The van der Waals surface area contributed by atoms with E-state index >= 15 is 0 Å². The third-order valence-corrected chi connectivity index (χ3v) is 4.29. The summed E-state index contributed by atoms with van der Waals surface area (Å²) in [6.45, 7) is 4.14. The van der Waals surface area contributed by atoms with Crippen LogP contribution in [0.4, 0.5) is 18.0 Å². The van der Waals surface area contributed by atoms with E-state index in [0.29, 0.717) is 18.7 Å². The molecule has 0 spiro atoms. The lowest BCUT2D eigenvalue weighted by atomic mass is 9.94. The van der Waals surface area contributed by atoms with Crippen LogP contribution in [0.15, 0.2) is 54.6 Å². The Morgan fingerprint density at radius 2 is 1.71 bits per heavy atom. The highest BCUT2D eigenvalue weighted by atomic mass is 19.4. The van der Waals surface area contributed by atoms with Gasteiger partial charge in [0.15, 0.2) is 0 Å². The molecule has 0 aromatic heterocycles. The molecule has 0 bridgehead atoms. The van der Waals surface area contributed by atoms with E-state index in [4.69, 9.17) is 9.47 Å². The zero-order valence-electron chi connectivity index (χ0n) is 15.8. The number of nitrogens with one attached hydrogen (secondary N) is 1. The molecule has 0 aliphatic carbocycles. The number of alkyl halides is 3. The van der Waals surface area contributed by atoms with Crippen molar-refractivity contribution in [3.63, 3.8) is 0 Å². The predicted octanol–water partition coefficient (Wildman–Crippen LogP) is 5.08. The van der Waals surface area contributed by atoms with Crippen LogP contribution in [0.5, 0.6) is 5.75 Å². The standard InChI is InChI=1S/C21H24F3NO3/c1-3-27-20(26)25-14-17(13-16-7-5-4-6-8-16)15(2)28-19-11-9-18(10-12-19)21(22,23)24/h4-12,15,17H,3,13-14H2,1-2H3,(H,25,26). The number of ether oxygens (including phenoxy) is 2. The van der Waals surface area contributed by atoms with E-state index in [1.165, 1.54) is 12.1 Å². The summed E-state index contributed by atoms with van der Waals surface area (Å²) in [6, 6.07) is 14.3. The summed E-state index contributed by atoms with van der Waals surface area (Å²) >= 11 is 0. The lowest BCUT2D eigenvalue weighted by Crippen LogP contribution is -2.37. The maximum absolute atomic E-state index is 12.7. The van der Waals surface area contributed by atoms with E-state index in [-0.39, 0.29) is 18.6 Å². The molecule has 28 heavy (non-hydrogen) atoms. The van der Waals surface area contributed by atoms with E-state index < -0.39 is 17.8 Å². The number of hydrogen-bond donors (Lipinski definition) is 1. The molecule has 2 aromatic carbocycles. The molecule has 7 heteroatoms. The van der Waals surface area contributed by atoms with Gasteiger partial charge in [-0.3, -0.25) is 0 Å². The Morgan fingerprint density at radius 3 is 2.29 bits per heavy atom. The maximum atomic E-state index is 12.7. The molecule has 2 aromatic rings. The molecule has 1 amide bonds. The van der Waals surface area contributed by atoms with E-state index in [0.717, 1.165) is 17.7 Å². The number of rotatable bonds is 8. The van der Waals surface area contributed by atoms with Crippen LogP contribution in [0.1, 0.15) is 25.0 Å². The molecule has 0 aliphatic heterocycles. The van der Waals surface area contributed by atoms with Gasteiger partial charge in [-0.1, -0.05) is 30.3 Å². The van der Waals surface area contributed by atoms with Crippen molar-refractivity contribution in [3.05, 3.63) is 65.7 Å². The minimum absolute atomic E-state index is 0.103. The summed E-state index contributed by atoms with van der Waals surface area (Å²) in [5, 5.41) is 2.71. The second-order valence-electron chi connectivity index (χ2n) is 6.40. The number of alkyl carbamates (subject to hydrolysis) is 1. The summed E-state index contributed by atoms with van der Waals surface area (Å²) in [4.78, 5) is 11.6. The topological polar surface area (TPSA) is 47.6 Å². The largest absolute Gasteiger partial charge is 0.490 e. The second kappa shape index (κ2) is 10.0. The molecule has 2 rings (SSSR count). The van der Waals surface area contributed by atoms with Crippen LogP contribution in [-0.4, -0.2) is 25.3 Å². The average Bonchev–Trinajstić information content (AvgIpc) is 2.66. The highest BCUT2D eigenvalue weighted by Gasteiger charge is 2.30. The first kappa shape index (κ1) is 21.6. The van der Waals surface area contributed by atoms with Crippen LogP contribution in [0.3, 0.4) is 0 Å². The zero-order chi connectivity index (χ0) is 20.6. The maximum Gasteiger partial charge on any atom is 0.416 e. The zero-order valence-corrected chi connectivity index (χ0v) is 15.8. The van der Waals surface area contributed by atoms with Crippen molar-refractivity contribution in [2.75, 3.05) is 13.2 Å². The van der Waals surface area contributed by atoms with Crippen molar-refractivity contribution < 1.29 is 27.4 Å². The minimum atomic E-state index is -4.39. The van der Waals surface area contributed by atoms with Gasteiger partial charge in [0.2, 0.25) is 0 Å². The molecule has 0 saturated heterocycles. The molecular formula is C21H24F3NO3. The highest BCUT2D eigenvalue weighted by Crippen LogP contribution is 2.30. The molecule has 0 fully saturated rings. The van der Waals surface area contributed by atoms with Crippen molar-refractivity contribution in [2.45, 2.75) is 32.5 Å². The van der Waals surface area contributed by atoms with Crippen molar-refractivity contribution in [1.82, 2.24) is 5.32 Å². The van der Waals surface area contributed by atoms with Crippen LogP contribution in [-0.2, 0) is 17.3 Å². The average molecular weight is 395 g/mol. The van der Waals surface area contributed by atoms with Crippen molar-refractivity contribution in [3.8, 4) is 5.75 Å². The number of carbonyl (C=O) groups excluding carboxylic acids is 1. The SMILES string of the molecule is CCOC(=O)NCC(Cc1ccccc1)C(C)Oc1ccc(C(F)(F)F)cc1. The lowest BCUT2D eigenvalue weighted by molar-refractivity contribution is -0.137. The number of carbonyl (C=O) groups is 1. The van der Waals surface area contributed by atoms with Crippen LogP contribution >= 0.6 is 0 Å². The van der Waals surface area contributed by atoms with E-state index in [1.54, 1.807) is 6.92 Å². The summed E-state index contributed by atoms with van der Waals surface area (Å²) in [7, 11) is 0.